The molecule has 13 nitrogen and oxygen atoms in total. The van der Waals surface area contributed by atoms with Crippen molar-refractivity contribution in [1.82, 2.24) is 31.1 Å². The second kappa shape index (κ2) is 21.1. The molecule has 3 fully saturated rings. The molecule has 1 aliphatic carbocycles. The van der Waals surface area contributed by atoms with Crippen LogP contribution in [0.2, 0.25) is 0 Å². The smallest absolute Gasteiger partial charge is 0.246 e. The summed E-state index contributed by atoms with van der Waals surface area (Å²) in [4.78, 5) is 84.7. The molecule has 0 bridgehead atoms. The molecule has 0 aromatic carbocycles. The monoisotopic (exact) mass is 750 g/mol. The Hall–Kier alpha value is -2.87. The molecule has 52 heavy (non-hydrogen) atoms. The Balaban J connectivity index is 1.73. The maximum absolute atomic E-state index is 14.2. The van der Waals surface area contributed by atoms with Crippen LogP contribution in [0.5, 0.6) is 0 Å². The first kappa shape index (κ1) is 43.5. The van der Waals surface area contributed by atoms with E-state index < -0.39 is 65.4 Å². The molecule has 5 N–H and O–H groups in total. The van der Waals surface area contributed by atoms with Gasteiger partial charge in [0.05, 0.1) is 6.10 Å². The topological polar surface area (TPSA) is 177 Å². The van der Waals surface area contributed by atoms with Crippen LogP contribution in [0.15, 0.2) is 0 Å². The van der Waals surface area contributed by atoms with Crippen LogP contribution in [0.3, 0.4) is 0 Å². The van der Waals surface area contributed by atoms with E-state index >= 15 is 0 Å². The van der Waals surface area contributed by atoms with Gasteiger partial charge in [-0.3, -0.25) is 28.8 Å². The third-order valence-electron chi connectivity index (χ3n) is 10.7. The first-order valence-electron chi connectivity index (χ1n) is 19.6. The summed E-state index contributed by atoms with van der Waals surface area (Å²) in [5, 5.41) is 21.6. The fourth-order valence-electron chi connectivity index (χ4n) is 7.60. The number of thioether (sulfide) groups is 1. The van der Waals surface area contributed by atoms with Crippen molar-refractivity contribution in [2.75, 3.05) is 31.6 Å². The molecule has 3 rings (SSSR count). The van der Waals surface area contributed by atoms with E-state index in [0.717, 1.165) is 32.1 Å². The summed E-state index contributed by atoms with van der Waals surface area (Å²) >= 11 is 1.53. The number of hydrogen-bond donors (Lipinski definition) is 5. The van der Waals surface area contributed by atoms with E-state index in [4.69, 9.17) is 0 Å². The molecule has 296 valence electrons. The van der Waals surface area contributed by atoms with Crippen molar-refractivity contribution in [2.45, 2.75) is 161 Å². The number of rotatable bonds is 17. The summed E-state index contributed by atoms with van der Waals surface area (Å²) < 4.78 is 0. The van der Waals surface area contributed by atoms with Gasteiger partial charge in [0.2, 0.25) is 35.4 Å². The van der Waals surface area contributed by atoms with Crippen LogP contribution in [0.4, 0.5) is 0 Å². The zero-order valence-corrected chi connectivity index (χ0v) is 33.3. The van der Waals surface area contributed by atoms with E-state index in [0.29, 0.717) is 69.8 Å². The zero-order valence-electron chi connectivity index (χ0n) is 32.5. The second-order valence-corrected chi connectivity index (χ2v) is 17.0. The zero-order chi connectivity index (χ0) is 38.4. The van der Waals surface area contributed by atoms with Crippen molar-refractivity contribution in [1.29, 1.82) is 0 Å². The number of carbonyl (C=O) groups is 6. The quantitative estimate of drug-likeness (QED) is 0.151. The third-order valence-corrected chi connectivity index (χ3v) is 11.3. The lowest BCUT2D eigenvalue weighted by atomic mass is 9.84. The lowest BCUT2D eigenvalue weighted by Gasteiger charge is -2.41. The summed E-state index contributed by atoms with van der Waals surface area (Å²) in [6.07, 6.45) is 11.8. The standard InChI is InChI=1S/C38H66N6O7S/c1-7-21-39-35(49)31(25(2)45)42-34(48)29-17-13-23-43(29)36(50)27(20-24-52-6)40-33(47)28-16-11-12-22-44(28)37(51)32(38(3,4)5)41-30(46)19-18-26-14-9-8-10-15-26/h25-29,31-32,45H,7-24H2,1-6H3,(H,39,49)(H,40,47)(H,41,46)(H,42,48)/t25?,27-,28-,29-,31-,32+/m0/s1. The van der Waals surface area contributed by atoms with Gasteiger partial charge in [-0.2, -0.15) is 11.8 Å². The van der Waals surface area contributed by atoms with E-state index in [2.05, 4.69) is 21.3 Å². The predicted molar refractivity (Wildman–Crippen MR) is 203 cm³/mol. The van der Waals surface area contributed by atoms with Gasteiger partial charge in [-0.15, -0.1) is 0 Å². The average molecular weight is 751 g/mol. The highest BCUT2D eigenvalue weighted by Gasteiger charge is 2.43. The average Bonchev–Trinajstić information content (AvgIpc) is 3.62. The molecule has 3 aliphatic rings. The Morgan fingerprint density at radius 1 is 0.808 bits per heavy atom. The van der Waals surface area contributed by atoms with Gasteiger partial charge in [-0.1, -0.05) is 59.8 Å². The summed E-state index contributed by atoms with van der Waals surface area (Å²) in [6.45, 7) is 10.2. The van der Waals surface area contributed by atoms with Gasteiger partial charge in [0.1, 0.15) is 30.2 Å². The molecule has 2 saturated heterocycles. The molecule has 0 aromatic rings. The van der Waals surface area contributed by atoms with E-state index in [1.807, 2.05) is 34.0 Å². The van der Waals surface area contributed by atoms with Crippen LogP contribution in [0, 0.1) is 11.3 Å². The van der Waals surface area contributed by atoms with Crippen LogP contribution in [-0.2, 0) is 28.8 Å². The van der Waals surface area contributed by atoms with Crippen LogP contribution in [-0.4, -0.2) is 118 Å². The number of piperidine rings is 1. The first-order chi connectivity index (χ1) is 24.7. The minimum absolute atomic E-state index is 0.148. The van der Waals surface area contributed by atoms with Gasteiger partial charge in [-0.25, -0.2) is 0 Å². The van der Waals surface area contributed by atoms with Gasteiger partial charge in [-0.05, 0) is 81.6 Å². The molecule has 2 aliphatic heterocycles. The van der Waals surface area contributed by atoms with E-state index in [-0.39, 0.29) is 11.8 Å². The molecular formula is C38H66N6O7S. The van der Waals surface area contributed by atoms with E-state index in [1.54, 1.807) is 4.90 Å². The second-order valence-electron chi connectivity index (χ2n) is 16.0. The maximum atomic E-state index is 14.2. The van der Waals surface area contributed by atoms with Crippen molar-refractivity contribution in [3.8, 4) is 0 Å². The maximum Gasteiger partial charge on any atom is 0.246 e. The van der Waals surface area contributed by atoms with Gasteiger partial charge in [0.25, 0.3) is 0 Å². The van der Waals surface area contributed by atoms with Crippen LogP contribution >= 0.6 is 11.8 Å². The fraction of sp³-hybridized carbons (Fsp3) is 0.842. The number of likely N-dealkylation sites (tertiary alicyclic amines) is 2. The predicted octanol–water partition coefficient (Wildman–Crippen LogP) is 2.88. The minimum atomic E-state index is -1.17. The van der Waals surface area contributed by atoms with Crippen molar-refractivity contribution >= 4 is 47.2 Å². The van der Waals surface area contributed by atoms with Crippen LogP contribution < -0.4 is 21.3 Å². The van der Waals surface area contributed by atoms with Crippen molar-refractivity contribution in [3.63, 3.8) is 0 Å². The number of amides is 6. The minimum Gasteiger partial charge on any atom is -0.391 e. The number of aliphatic hydroxyl groups is 1. The Kier molecular flexibility index (Phi) is 17.7. The lowest BCUT2D eigenvalue weighted by molar-refractivity contribution is -0.148. The normalized spacial score (nSPS) is 22.1. The number of nitrogens with one attached hydrogen (secondary N) is 4. The third kappa shape index (κ3) is 12.6. The summed E-state index contributed by atoms with van der Waals surface area (Å²) in [5.74, 6) is -1.16. The Labute approximate surface area is 315 Å². The number of nitrogens with zero attached hydrogens (tertiary/aromatic N) is 2. The highest BCUT2D eigenvalue weighted by molar-refractivity contribution is 7.98. The summed E-state index contributed by atoms with van der Waals surface area (Å²) in [5.41, 5.74) is -0.595. The van der Waals surface area contributed by atoms with Crippen molar-refractivity contribution < 1.29 is 33.9 Å². The van der Waals surface area contributed by atoms with Crippen molar-refractivity contribution in [2.24, 2.45) is 11.3 Å². The van der Waals surface area contributed by atoms with Gasteiger partial charge >= 0.3 is 0 Å². The highest BCUT2D eigenvalue weighted by Crippen LogP contribution is 2.29. The highest BCUT2D eigenvalue weighted by atomic mass is 32.2. The lowest BCUT2D eigenvalue weighted by Crippen LogP contribution is -2.62. The SMILES string of the molecule is CCCNC(=O)[C@@H](NC(=O)[C@@H]1CCCN1C(=O)[C@H](CCSC)NC(=O)[C@@H]1CCCCN1C(=O)[C@@H](NC(=O)CCC1CCCCC1)C(C)(C)C)C(C)O. The molecule has 6 atom stereocenters. The van der Waals surface area contributed by atoms with Crippen molar-refractivity contribution in [3.05, 3.63) is 0 Å². The molecule has 0 aromatic heterocycles. The van der Waals surface area contributed by atoms with Crippen LogP contribution in [0.1, 0.15) is 125 Å². The molecule has 1 unspecified atom stereocenters. The molecule has 1 saturated carbocycles. The number of carbonyl (C=O) groups excluding carboxylic acids is 6. The largest absolute Gasteiger partial charge is 0.391 e. The van der Waals surface area contributed by atoms with Gasteiger partial charge < -0.3 is 36.2 Å². The molecule has 6 amide bonds. The van der Waals surface area contributed by atoms with Gasteiger partial charge in [0.15, 0.2) is 0 Å². The molecular weight excluding hydrogens is 685 g/mol. The Morgan fingerprint density at radius 2 is 1.40 bits per heavy atom. The summed E-state index contributed by atoms with van der Waals surface area (Å²) in [6, 6.07) is -4.57. The first-order valence-corrected chi connectivity index (χ1v) is 21.0. The number of hydrogen-bond acceptors (Lipinski definition) is 8. The van der Waals surface area contributed by atoms with Gasteiger partial charge in [0, 0.05) is 26.1 Å². The molecule has 0 radical (unpaired) electrons. The van der Waals surface area contributed by atoms with E-state index in [9.17, 15) is 33.9 Å². The molecule has 14 heteroatoms. The van der Waals surface area contributed by atoms with E-state index in [1.165, 1.54) is 42.8 Å². The summed E-state index contributed by atoms with van der Waals surface area (Å²) in [7, 11) is 0. The van der Waals surface area contributed by atoms with Crippen LogP contribution in [0.25, 0.3) is 0 Å². The molecule has 2 heterocycles. The number of aliphatic hydroxyl groups excluding tert-OH is 1. The molecule has 0 spiro atoms. The Bertz CT molecular complexity index is 1220. The Morgan fingerprint density at radius 3 is 2.02 bits per heavy atom. The fourth-order valence-corrected chi connectivity index (χ4v) is 8.08.